The Kier molecular flexibility index (Phi) is 22.2. The Morgan fingerprint density at radius 2 is 0.572 bits per heavy atom. The summed E-state index contributed by atoms with van der Waals surface area (Å²) in [5.74, 6) is 0. The van der Waals surface area contributed by atoms with Gasteiger partial charge in [0.15, 0.2) is 0 Å². The molecule has 0 radical (unpaired) electrons. The summed E-state index contributed by atoms with van der Waals surface area (Å²) in [7, 11) is 0. The zero-order valence-corrected chi connectivity index (χ0v) is 90.8. The van der Waals surface area contributed by atoms with Gasteiger partial charge >= 0.3 is 0 Å². The Labute approximate surface area is 887 Å². The molecule has 145 heavy (non-hydrogen) atoms. The molecule has 0 saturated carbocycles. The summed E-state index contributed by atoms with van der Waals surface area (Å²) < 4.78 is 84.3. The fourth-order valence-corrected chi connectivity index (χ4v) is 23.2. The van der Waals surface area contributed by atoms with Gasteiger partial charge in [-0.2, -0.15) is 0 Å². The Bertz CT molecular complexity index is 8190. The normalized spacial score (nSPS) is 16.4. The minimum absolute atomic E-state index is 0.000998. The number of nitrogens with zero attached hydrogens (tertiary/aromatic N) is 5. The second-order valence-electron chi connectivity index (χ2n) is 50.2. The minimum atomic E-state index is -0.430. The van der Waals surface area contributed by atoms with Crippen LogP contribution in [0.5, 0.6) is 0 Å². The third kappa shape index (κ3) is 18.7. The van der Waals surface area contributed by atoms with Gasteiger partial charge in [-0.15, -0.1) is 0 Å². The van der Waals surface area contributed by atoms with E-state index >= 15 is 0 Å². The third-order valence-corrected chi connectivity index (χ3v) is 32.1. The van der Waals surface area contributed by atoms with Crippen LogP contribution in [0.25, 0.3) is 22.3 Å². The van der Waals surface area contributed by atoms with Crippen LogP contribution in [0.2, 0.25) is 5.02 Å². The molecule has 732 valence electrons. The van der Waals surface area contributed by atoms with Crippen molar-refractivity contribution >= 4 is 143 Å². The molecule has 4 aliphatic heterocycles. The first kappa shape index (κ1) is 87.3. The fraction of sp³-hybridized carbons (Fsp3) is 0.299. The number of halogens is 1. The molecule has 0 spiro atoms. The van der Waals surface area contributed by atoms with E-state index in [1.54, 1.807) is 0 Å². The average Bonchev–Trinajstić information content (AvgIpc) is 0.687. The molecule has 16 aromatic rings. The molecule has 6 aliphatic rings. The second kappa shape index (κ2) is 36.9. The van der Waals surface area contributed by atoms with E-state index in [-0.39, 0.29) is 128 Å². The van der Waals surface area contributed by atoms with E-state index in [0.29, 0.717) is 23.4 Å². The molecule has 0 saturated heterocycles. The van der Waals surface area contributed by atoms with Crippen molar-refractivity contribution in [3.63, 3.8) is 0 Å². The van der Waals surface area contributed by atoms with Crippen LogP contribution in [0.1, 0.15) is 286 Å². The maximum absolute atomic E-state index is 9.59. The van der Waals surface area contributed by atoms with Gasteiger partial charge in [0.25, 0.3) is 13.4 Å². The number of benzene rings is 16. The van der Waals surface area contributed by atoms with Crippen molar-refractivity contribution in [3.8, 4) is 22.3 Å². The van der Waals surface area contributed by atoms with E-state index in [1.165, 1.54) is 111 Å². The largest absolute Gasteiger partial charge is 0.311 e. The van der Waals surface area contributed by atoms with Crippen LogP contribution in [-0.4, -0.2) is 13.4 Å². The Balaban J connectivity index is 0.000000163. The molecule has 0 fully saturated rings. The molecule has 4 heterocycles. The highest BCUT2D eigenvalue weighted by Crippen LogP contribution is 2.58. The SMILES string of the molecule is CC(C)(C)c1ccc(N2c3ccc(C(C)(C)C)cc3B3c4cc5c(cc4N(c4ccc(C(C)(C)C)cc4-c4ccccc4)c4cc(Cl)cc2c43)C(C)(C)CCC5(C)C)cc1.[2H]c1c([2H])c([2H])c(Cc2ccccc2)c([2H])c1[2H].[2H]c1c([2H])c([2H])c(N(c2ccccc2)c2cc3c4c(c2)N(c2ccc(C(C)(C)C)cc2-c2ccccc2)c2cc5c(cc2B4c2cc(C(C)(C)C)ccc2N3c2ccc(C(C)(C)C)cc2)C(C)(C)CCC5(C)C)c([2H])c1[2H]. The molecule has 2 aliphatic carbocycles. The van der Waals surface area contributed by atoms with Crippen LogP contribution in [0, 0.1) is 0 Å². The van der Waals surface area contributed by atoms with Gasteiger partial charge in [-0.1, -0.05) is 422 Å². The summed E-state index contributed by atoms with van der Waals surface area (Å²) in [4.78, 5) is 11.9. The highest BCUT2D eigenvalue weighted by molar-refractivity contribution is 7.01. The molecule has 0 aromatic heterocycles. The summed E-state index contributed by atoms with van der Waals surface area (Å²) in [6.45, 7) is 60.5. The molecule has 0 bridgehead atoms. The molecule has 0 unspecified atom stereocenters. The van der Waals surface area contributed by atoms with Crippen molar-refractivity contribution in [2.24, 2.45) is 0 Å². The summed E-state index contributed by atoms with van der Waals surface area (Å²) in [6, 6.07) is 104. The van der Waals surface area contributed by atoms with Crippen LogP contribution in [0.15, 0.2) is 352 Å². The van der Waals surface area contributed by atoms with Crippen molar-refractivity contribution in [2.45, 2.75) is 266 Å². The Morgan fingerprint density at radius 3 is 0.945 bits per heavy atom. The van der Waals surface area contributed by atoms with E-state index in [9.17, 15) is 2.74 Å². The van der Waals surface area contributed by atoms with Crippen LogP contribution in [0.4, 0.5) is 85.3 Å². The smallest absolute Gasteiger partial charge is 0.252 e. The Morgan fingerprint density at radius 1 is 0.269 bits per heavy atom. The maximum atomic E-state index is 9.59. The first-order chi connectivity index (χ1) is 72.7. The van der Waals surface area contributed by atoms with Gasteiger partial charge in [0.1, 0.15) is 0 Å². The highest BCUT2D eigenvalue weighted by Gasteiger charge is 2.51. The van der Waals surface area contributed by atoms with Crippen molar-refractivity contribution in [3.05, 3.63) is 423 Å². The van der Waals surface area contributed by atoms with Crippen LogP contribution in [0.3, 0.4) is 0 Å². The van der Waals surface area contributed by atoms with Gasteiger partial charge in [-0.05, 0) is 318 Å². The van der Waals surface area contributed by atoms with Crippen molar-refractivity contribution in [1.82, 2.24) is 0 Å². The second-order valence-corrected chi connectivity index (χ2v) is 50.6. The first-order valence-electron chi connectivity index (χ1n) is 57.3. The Hall–Kier alpha value is -13.1. The molecule has 8 heteroatoms. The summed E-state index contributed by atoms with van der Waals surface area (Å²) in [5, 5.41) is 0.731. The number of hydrogen-bond donors (Lipinski definition) is 0. The standard InChI is InChI=1S/C68H72BN3.C56H62BClN2.C13H12/c1-64(2,3)46-29-33-51(34-30-46)71-59-36-32-48(66(7,8)9)40-56(59)69-57-43-54-55(68(12,13)38-37-67(54,10)11)44-60(57)72(58-35-31-47(65(4,5)6)39-53(58)45-23-17-14-18-24-45)62-42-52(41-61(71)63(62)69)70(49-25-19-15-20-26-49)50-27-21-16-22-28-50;1-52(2,3)36-19-23-40(24-20-36)59-47-26-22-38(54(7,8)9)30-44(47)57-45-33-42-43(56(12,13)28-27-55(42,10)11)34-48(45)60(50-32-39(58)31-49(59)51(50)57)46-25-21-37(53(4,5)6)29-41(46)35-17-15-14-16-18-35;1-3-7-12(8-4-1)11-13-9-5-2-6-10-13/h14-36,39-44H,37-38H2,1-13H3;14-26,29-34H,27-28H2,1-13H3;1-10H,11H2/i15D,19D,20D,25D,26D;;1D,3D,4D,7D,8D. The van der Waals surface area contributed by atoms with Gasteiger partial charge < -0.3 is 24.5 Å². The van der Waals surface area contributed by atoms with Gasteiger partial charge in [0.2, 0.25) is 0 Å². The molecule has 0 N–H and O–H groups in total. The van der Waals surface area contributed by atoms with E-state index in [4.69, 9.17) is 22.6 Å². The summed E-state index contributed by atoms with van der Waals surface area (Å²) in [5.41, 5.74) is 41.0. The van der Waals surface area contributed by atoms with Crippen molar-refractivity contribution < 1.29 is 13.7 Å². The number of para-hydroxylation sites is 2. The van der Waals surface area contributed by atoms with E-state index < -0.39 is 6.04 Å². The average molecular weight is 1930 g/mol. The van der Waals surface area contributed by atoms with Gasteiger partial charge in [-0.25, -0.2) is 0 Å². The lowest BCUT2D eigenvalue weighted by Gasteiger charge is -2.48. The number of rotatable bonds is 11. The quantitative estimate of drug-likeness (QED) is 0.120. The highest BCUT2D eigenvalue weighted by atomic mass is 35.5. The molecular weight excluding hydrogens is 1770 g/mol. The first-order valence-corrected chi connectivity index (χ1v) is 52.6. The van der Waals surface area contributed by atoms with E-state index in [1.807, 2.05) is 65.6 Å². The predicted octanol–water partition coefficient (Wildman–Crippen LogP) is 34.8. The zero-order valence-electron chi connectivity index (χ0n) is 100. The lowest BCUT2D eigenvalue weighted by molar-refractivity contribution is 0.332. The molecule has 16 aromatic carbocycles. The zero-order chi connectivity index (χ0) is 111. The molecule has 22 rings (SSSR count). The molecule has 0 amide bonds. The molecular formula is C137H146B2ClN5. The summed E-state index contributed by atoms with van der Waals surface area (Å²) in [6.07, 6.45) is 4.79. The van der Waals surface area contributed by atoms with Crippen LogP contribution >= 0.6 is 11.6 Å². The minimum Gasteiger partial charge on any atom is -0.311 e. The third-order valence-electron chi connectivity index (χ3n) is 31.9. The number of anilines is 15. The maximum Gasteiger partial charge on any atom is 0.252 e. The predicted molar refractivity (Wildman–Crippen MR) is 630 cm³/mol. The lowest BCUT2D eigenvalue weighted by atomic mass is 9.33. The van der Waals surface area contributed by atoms with Crippen LogP contribution in [-0.2, 0) is 60.6 Å². The number of fused-ring (bicyclic) bond motifs is 10. The monoisotopic (exact) mass is 1930 g/mol. The van der Waals surface area contributed by atoms with Crippen molar-refractivity contribution in [2.75, 3.05) is 24.5 Å². The van der Waals surface area contributed by atoms with E-state index in [2.05, 4.69) is 430 Å². The van der Waals surface area contributed by atoms with Crippen molar-refractivity contribution in [1.29, 1.82) is 0 Å². The topological polar surface area (TPSA) is 16.2 Å². The van der Waals surface area contributed by atoms with Gasteiger partial charge in [0, 0.05) is 84.4 Å². The van der Waals surface area contributed by atoms with Gasteiger partial charge in [0.05, 0.1) is 30.8 Å². The molecule has 5 nitrogen and oxygen atoms in total. The summed E-state index contributed by atoms with van der Waals surface area (Å²) >= 11 is 7.45. The molecule has 0 atom stereocenters. The van der Waals surface area contributed by atoms with Gasteiger partial charge in [-0.3, -0.25) is 0 Å². The fourth-order valence-electron chi connectivity index (χ4n) is 23.0. The van der Waals surface area contributed by atoms with Crippen LogP contribution < -0.4 is 57.3 Å². The van der Waals surface area contributed by atoms with E-state index in [0.717, 1.165) is 104 Å². The lowest BCUT2D eigenvalue weighted by Crippen LogP contribution is -2.62. The number of hydrogen-bond acceptors (Lipinski definition) is 5.